The Bertz CT molecular complexity index is 389. The number of amidine groups is 1. The summed E-state index contributed by atoms with van der Waals surface area (Å²) in [5, 5.41) is 4.00. The summed E-state index contributed by atoms with van der Waals surface area (Å²) in [5.41, 5.74) is 0.667. The van der Waals surface area contributed by atoms with E-state index in [0.717, 1.165) is 11.7 Å². The maximum Gasteiger partial charge on any atom is 0.257 e. The molecule has 3 nitrogen and oxygen atoms in total. The van der Waals surface area contributed by atoms with Gasteiger partial charge < -0.3 is 5.32 Å². The fourth-order valence-corrected chi connectivity index (χ4v) is 2.14. The summed E-state index contributed by atoms with van der Waals surface area (Å²) < 4.78 is 0. The number of rotatable bonds is 1. The summed E-state index contributed by atoms with van der Waals surface area (Å²) in [5.74, 6) is -0.0871. The quantitative estimate of drug-likeness (QED) is 0.785. The molecule has 0 unspecified atom stereocenters. The van der Waals surface area contributed by atoms with Crippen molar-refractivity contribution in [2.45, 2.75) is 12.2 Å². The Hall–Kier alpha value is -1.29. The highest BCUT2D eigenvalue weighted by molar-refractivity contribution is 8.14. The van der Waals surface area contributed by atoms with Crippen molar-refractivity contribution < 1.29 is 4.79 Å². The smallest absolute Gasteiger partial charge is 0.257 e. The van der Waals surface area contributed by atoms with Crippen molar-refractivity contribution in [2.75, 3.05) is 6.54 Å². The lowest BCUT2D eigenvalue weighted by Gasteiger charge is -2.04. The van der Waals surface area contributed by atoms with Gasteiger partial charge in [-0.1, -0.05) is 36.9 Å². The average molecular weight is 220 g/mol. The van der Waals surface area contributed by atoms with Crippen LogP contribution in [0.25, 0.3) is 0 Å². The second-order valence-electron chi connectivity index (χ2n) is 3.39. The molecule has 0 aliphatic carbocycles. The number of thioether (sulfide) groups is 1. The van der Waals surface area contributed by atoms with Crippen molar-refractivity contribution in [3.63, 3.8) is 0 Å². The normalized spacial score (nSPS) is 19.8. The minimum atomic E-state index is -0.0871. The van der Waals surface area contributed by atoms with Gasteiger partial charge in [0, 0.05) is 10.8 Å². The number of hydrogen-bond acceptors (Lipinski definition) is 3. The number of aliphatic imine (C=N–C) groups is 1. The van der Waals surface area contributed by atoms with Gasteiger partial charge in [0.25, 0.3) is 5.91 Å². The zero-order chi connectivity index (χ0) is 10.7. The monoisotopic (exact) mass is 220 g/mol. The molecule has 1 aliphatic heterocycles. The molecule has 1 amide bonds. The number of amides is 1. The molecule has 78 valence electrons. The van der Waals surface area contributed by atoms with Crippen LogP contribution in [0, 0.1) is 0 Å². The van der Waals surface area contributed by atoms with Crippen LogP contribution in [0.4, 0.5) is 0 Å². The molecule has 1 N–H and O–H groups in total. The van der Waals surface area contributed by atoms with Crippen LogP contribution in [0.1, 0.15) is 17.3 Å². The van der Waals surface area contributed by atoms with Crippen LogP contribution in [0.5, 0.6) is 0 Å². The first-order valence-corrected chi connectivity index (χ1v) is 5.71. The molecule has 2 rings (SSSR count). The molecule has 1 heterocycles. The van der Waals surface area contributed by atoms with Gasteiger partial charge in [0.2, 0.25) is 0 Å². The Balaban J connectivity index is 1.99. The Morgan fingerprint density at radius 2 is 2.20 bits per heavy atom. The number of benzene rings is 1. The second-order valence-corrected chi connectivity index (χ2v) is 4.82. The molecule has 0 saturated carbocycles. The lowest BCUT2D eigenvalue weighted by Crippen LogP contribution is -2.27. The fourth-order valence-electron chi connectivity index (χ4n) is 1.30. The van der Waals surface area contributed by atoms with Gasteiger partial charge in [0.1, 0.15) is 0 Å². The summed E-state index contributed by atoms with van der Waals surface area (Å²) in [4.78, 5) is 15.9. The lowest BCUT2D eigenvalue weighted by molar-refractivity contribution is 0.0978. The predicted octanol–water partition coefficient (Wildman–Crippen LogP) is 1.91. The van der Waals surface area contributed by atoms with E-state index in [1.807, 2.05) is 18.2 Å². The summed E-state index contributed by atoms with van der Waals surface area (Å²) in [6, 6.07) is 9.17. The van der Waals surface area contributed by atoms with Gasteiger partial charge >= 0.3 is 0 Å². The number of nitrogens with zero attached hydrogens (tertiary/aromatic N) is 1. The molecule has 0 radical (unpaired) electrons. The predicted molar refractivity (Wildman–Crippen MR) is 63.3 cm³/mol. The Morgan fingerprint density at radius 3 is 2.80 bits per heavy atom. The van der Waals surface area contributed by atoms with Crippen LogP contribution < -0.4 is 5.32 Å². The largest absolute Gasteiger partial charge is 0.301 e. The topological polar surface area (TPSA) is 41.5 Å². The van der Waals surface area contributed by atoms with Crippen molar-refractivity contribution in [3.8, 4) is 0 Å². The Morgan fingerprint density at radius 1 is 1.47 bits per heavy atom. The van der Waals surface area contributed by atoms with Crippen molar-refractivity contribution in [3.05, 3.63) is 35.9 Å². The molecule has 0 saturated heterocycles. The zero-order valence-corrected chi connectivity index (χ0v) is 9.25. The maximum atomic E-state index is 11.7. The summed E-state index contributed by atoms with van der Waals surface area (Å²) >= 11 is 1.61. The van der Waals surface area contributed by atoms with Gasteiger partial charge in [-0.2, -0.15) is 0 Å². The molecule has 1 aromatic carbocycles. The van der Waals surface area contributed by atoms with E-state index in [1.54, 1.807) is 23.9 Å². The number of hydrogen-bond donors (Lipinski definition) is 1. The zero-order valence-electron chi connectivity index (χ0n) is 8.43. The molecule has 15 heavy (non-hydrogen) atoms. The minimum Gasteiger partial charge on any atom is -0.301 e. The van der Waals surface area contributed by atoms with Gasteiger partial charge in [-0.15, -0.1) is 0 Å². The molecule has 4 heteroatoms. The first kappa shape index (κ1) is 10.2. The molecule has 0 spiro atoms. The highest BCUT2D eigenvalue weighted by atomic mass is 32.2. The van der Waals surface area contributed by atoms with Crippen LogP contribution in [0.3, 0.4) is 0 Å². The number of nitrogens with one attached hydrogen (secondary N) is 1. The van der Waals surface area contributed by atoms with Gasteiger partial charge in [-0.25, -0.2) is 0 Å². The summed E-state index contributed by atoms with van der Waals surface area (Å²) in [6.45, 7) is 2.88. The molecule has 1 aliphatic rings. The number of carbonyl (C=O) groups is 1. The lowest BCUT2D eigenvalue weighted by atomic mass is 10.2. The van der Waals surface area contributed by atoms with Gasteiger partial charge in [-0.05, 0) is 12.1 Å². The van der Waals surface area contributed by atoms with Crippen LogP contribution in [0.15, 0.2) is 35.3 Å². The van der Waals surface area contributed by atoms with E-state index in [0.29, 0.717) is 10.8 Å². The molecule has 0 fully saturated rings. The van der Waals surface area contributed by atoms with Gasteiger partial charge in [0.05, 0.1) is 6.54 Å². The van der Waals surface area contributed by atoms with E-state index in [9.17, 15) is 4.79 Å². The van der Waals surface area contributed by atoms with Crippen LogP contribution >= 0.6 is 11.8 Å². The van der Waals surface area contributed by atoms with Crippen LogP contribution in [0.2, 0.25) is 0 Å². The van der Waals surface area contributed by atoms with E-state index in [4.69, 9.17) is 0 Å². The molecule has 0 bridgehead atoms. The molecular formula is C11H12N2OS. The third-order valence-corrected chi connectivity index (χ3v) is 3.07. The van der Waals surface area contributed by atoms with E-state index in [2.05, 4.69) is 17.2 Å². The maximum absolute atomic E-state index is 11.7. The van der Waals surface area contributed by atoms with Crippen molar-refractivity contribution in [2.24, 2.45) is 4.99 Å². The van der Waals surface area contributed by atoms with E-state index in [-0.39, 0.29) is 5.91 Å². The Kier molecular flexibility index (Phi) is 3.06. The average Bonchev–Trinajstić information content (AvgIpc) is 2.65. The minimum absolute atomic E-state index is 0.0871. The third kappa shape index (κ3) is 2.59. The standard InChI is InChI=1S/C11H12N2OS/c1-8-7-12-11(15-8)13-10(14)9-5-3-2-4-6-9/h2-6,8H,7H2,1H3,(H,12,13,14)/t8-/m1/s1. The van der Waals surface area contributed by atoms with E-state index < -0.39 is 0 Å². The summed E-state index contributed by atoms with van der Waals surface area (Å²) in [7, 11) is 0. The Labute approximate surface area is 93.0 Å². The third-order valence-electron chi connectivity index (χ3n) is 2.06. The van der Waals surface area contributed by atoms with Crippen LogP contribution in [-0.2, 0) is 0 Å². The number of carbonyl (C=O) groups excluding carboxylic acids is 1. The summed E-state index contributed by atoms with van der Waals surface area (Å²) in [6.07, 6.45) is 0. The first-order chi connectivity index (χ1) is 7.25. The molecule has 1 atom stereocenters. The highest BCUT2D eigenvalue weighted by Gasteiger charge is 2.17. The van der Waals surface area contributed by atoms with Gasteiger partial charge in [-0.3, -0.25) is 9.79 Å². The molecular weight excluding hydrogens is 208 g/mol. The molecule has 1 aromatic rings. The SMILES string of the molecule is C[C@@H]1CN=C(NC(=O)c2ccccc2)S1. The van der Waals surface area contributed by atoms with Crippen molar-refractivity contribution in [1.29, 1.82) is 0 Å². The second kappa shape index (κ2) is 4.49. The highest BCUT2D eigenvalue weighted by Crippen LogP contribution is 2.18. The van der Waals surface area contributed by atoms with Crippen molar-refractivity contribution >= 4 is 22.8 Å². The first-order valence-electron chi connectivity index (χ1n) is 4.83. The van der Waals surface area contributed by atoms with Crippen molar-refractivity contribution in [1.82, 2.24) is 5.32 Å². The van der Waals surface area contributed by atoms with E-state index in [1.165, 1.54) is 0 Å². The van der Waals surface area contributed by atoms with E-state index >= 15 is 0 Å². The fraction of sp³-hybridized carbons (Fsp3) is 0.273. The molecule has 0 aromatic heterocycles. The van der Waals surface area contributed by atoms with Gasteiger partial charge in [0.15, 0.2) is 5.17 Å². The van der Waals surface area contributed by atoms with Crippen LogP contribution in [-0.4, -0.2) is 22.9 Å².